The fourth-order valence-corrected chi connectivity index (χ4v) is 0.802. The summed E-state index contributed by atoms with van der Waals surface area (Å²) in [7, 11) is 0. The third-order valence-electron chi connectivity index (χ3n) is 1.89. The van der Waals surface area contributed by atoms with Gasteiger partial charge in [0, 0.05) is 12.8 Å². The van der Waals surface area contributed by atoms with Crippen LogP contribution < -0.4 is 5.73 Å². The van der Waals surface area contributed by atoms with Crippen molar-refractivity contribution in [3.05, 3.63) is 11.8 Å². The molecule has 0 rings (SSSR count). The summed E-state index contributed by atoms with van der Waals surface area (Å²) in [5.41, 5.74) is 6.28. The van der Waals surface area contributed by atoms with Crippen molar-refractivity contribution in [1.82, 2.24) is 0 Å². The maximum absolute atomic E-state index is 5.41. The van der Waals surface area contributed by atoms with Gasteiger partial charge in [0.15, 0.2) is 0 Å². The lowest BCUT2D eigenvalue weighted by Crippen LogP contribution is -2.21. The van der Waals surface area contributed by atoms with E-state index in [-0.39, 0.29) is 12.1 Å². The fraction of sp³-hybridized carbons (Fsp3) is 0.700. The van der Waals surface area contributed by atoms with Gasteiger partial charge < -0.3 is 10.5 Å². The van der Waals surface area contributed by atoms with E-state index in [0.29, 0.717) is 0 Å². The van der Waals surface area contributed by atoms with Gasteiger partial charge in [-0.25, -0.2) is 0 Å². The zero-order valence-electron chi connectivity index (χ0n) is 8.95. The summed E-state index contributed by atoms with van der Waals surface area (Å²) in [5, 5.41) is 0. The molecule has 0 aromatic heterocycles. The first kappa shape index (κ1) is 12.2. The minimum absolute atomic E-state index is 0.159. The van der Waals surface area contributed by atoms with Gasteiger partial charge in [-0.1, -0.05) is 0 Å². The van der Waals surface area contributed by atoms with Crippen molar-refractivity contribution in [1.29, 1.82) is 0 Å². The number of rotatable bonds is 5. The Morgan fingerprint density at radius 1 is 1.54 bits per heavy atom. The first-order chi connectivity index (χ1) is 6.11. The average Bonchev–Trinajstić information content (AvgIpc) is 2.13. The summed E-state index contributed by atoms with van der Waals surface area (Å²) in [4.78, 5) is 4.32. The second-order valence-corrected chi connectivity index (χ2v) is 3.09. The molecule has 2 N–H and O–H groups in total. The second-order valence-electron chi connectivity index (χ2n) is 3.09. The smallest absolute Gasteiger partial charge is 0.0767 e. The highest BCUT2D eigenvalue weighted by Gasteiger charge is 2.08. The largest absolute Gasteiger partial charge is 0.404 e. The minimum Gasteiger partial charge on any atom is -0.404 e. The molecule has 2 atom stereocenters. The Bertz CT molecular complexity index is 187. The van der Waals surface area contributed by atoms with E-state index < -0.39 is 0 Å². The molecule has 3 nitrogen and oxygen atoms in total. The maximum atomic E-state index is 5.41. The molecule has 0 radical (unpaired) electrons. The quantitative estimate of drug-likeness (QED) is 0.661. The van der Waals surface area contributed by atoms with Crippen LogP contribution in [0.1, 0.15) is 27.7 Å². The Kier molecular flexibility index (Phi) is 6.24. The van der Waals surface area contributed by atoms with Gasteiger partial charge in [0.2, 0.25) is 0 Å². The zero-order chi connectivity index (χ0) is 10.3. The standard InChI is InChI=1S/C10H20N2O/c1-5-13-10(4)9(3)12-7-8(2)6-11/h6-7,9-10H,5,11H2,1-4H3/b8-6+,12-7?/t9-,10?/m0/s1. The molecule has 1 unspecified atom stereocenters. The predicted molar refractivity (Wildman–Crippen MR) is 57.0 cm³/mol. The van der Waals surface area contributed by atoms with Crippen LogP contribution >= 0.6 is 0 Å². The molecule has 0 fully saturated rings. The number of nitrogens with zero attached hydrogens (tertiary/aromatic N) is 1. The minimum atomic E-state index is 0.159. The zero-order valence-corrected chi connectivity index (χ0v) is 8.95. The van der Waals surface area contributed by atoms with Gasteiger partial charge in [0.1, 0.15) is 0 Å². The lowest BCUT2D eigenvalue weighted by atomic mass is 10.2. The summed E-state index contributed by atoms with van der Waals surface area (Å²) in [5.74, 6) is 0. The van der Waals surface area contributed by atoms with E-state index in [1.54, 1.807) is 12.4 Å². The normalized spacial score (nSPS) is 17.7. The molecule has 0 aromatic carbocycles. The first-order valence-electron chi connectivity index (χ1n) is 4.65. The molecular weight excluding hydrogens is 164 g/mol. The van der Waals surface area contributed by atoms with E-state index in [9.17, 15) is 0 Å². The van der Waals surface area contributed by atoms with E-state index in [4.69, 9.17) is 10.5 Å². The highest BCUT2D eigenvalue weighted by atomic mass is 16.5. The molecular formula is C10H20N2O. The Balaban J connectivity index is 3.98. The Hall–Kier alpha value is -0.830. The molecule has 0 aromatic rings. The highest BCUT2D eigenvalue weighted by Crippen LogP contribution is 2.02. The van der Waals surface area contributed by atoms with Gasteiger partial charge in [0.25, 0.3) is 0 Å². The summed E-state index contributed by atoms with van der Waals surface area (Å²) in [6.07, 6.45) is 3.48. The molecule has 0 amide bonds. The molecule has 0 aliphatic carbocycles. The molecule has 0 spiro atoms. The summed E-state index contributed by atoms with van der Waals surface area (Å²) >= 11 is 0. The van der Waals surface area contributed by atoms with Crippen LogP contribution in [0.5, 0.6) is 0 Å². The van der Waals surface area contributed by atoms with Crippen molar-refractivity contribution in [2.45, 2.75) is 39.8 Å². The van der Waals surface area contributed by atoms with Crippen molar-refractivity contribution < 1.29 is 4.74 Å². The van der Waals surface area contributed by atoms with Crippen LogP contribution in [0.3, 0.4) is 0 Å². The van der Waals surface area contributed by atoms with Gasteiger partial charge in [-0.15, -0.1) is 0 Å². The predicted octanol–water partition coefficient (Wildman–Crippen LogP) is 1.73. The molecule has 0 saturated heterocycles. The fourth-order valence-electron chi connectivity index (χ4n) is 0.802. The van der Waals surface area contributed by atoms with Crippen LogP contribution in [0.25, 0.3) is 0 Å². The molecule has 0 heterocycles. The number of aliphatic imine (C=N–C) groups is 1. The Morgan fingerprint density at radius 2 is 2.15 bits per heavy atom. The molecule has 3 heteroatoms. The van der Waals surface area contributed by atoms with E-state index in [0.717, 1.165) is 12.2 Å². The van der Waals surface area contributed by atoms with Gasteiger partial charge in [-0.2, -0.15) is 0 Å². The van der Waals surface area contributed by atoms with E-state index >= 15 is 0 Å². The molecule has 0 bridgehead atoms. The molecule has 13 heavy (non-hydrogen) atoms. The maximum Gasteiger partial charge on any atom is 0.0767 e. The number of nitrogens with two attached hydrogens (primary N) is 1. The van der Waals surface area contributed by atoms with Gasteiger partial charge in [0.05, 0.1) is 12.1 Å². The molecule has 76 valence electrons. The molecule has 0 aliphatic rings. The van der Waals surface area contributed by atoms with Crippen LogP contribution in [0.15, 0.2) is 16.8 Å². The van der Waals surface area contributed by atoms with Gasteiger partial charge in [-0.3, -0.25) is 4.99 Å². The number of allylic oxidation sites excluding steroid dienone is 1. The summed E-state index contributed by atoms with van der Waals surface area (Å²) in [6, 6.07) is 0.176. The third-order valence-corrected chi connectivity index (χ3v) is 1.89. The van der Waals surface area contributed by atoms with Crippen LogP contribution in [0.2, 0.25) is 0 Å². The summed E-state index contributed by atoms with van der Waals surface area (Å²) < 4.78 is 5.41. The number of hydrogen-bond acceptors (Lipinski definition) is 3. The van der Waals surface area contributed by atoms with Gasteiger partial charge in [-0.05, 0) is 39.5 Å². The van der Waals surface area contributed by atoms with Crippen molar-refractivity contribution in [3.63, 3.8) is 0 Å². The summed E-state index contributed by atoms with van der Waals surface area (Å²) in [6.45, 7) is 8.68. The van der Waals surface area contributed by atoms with E-state index in [1.165, 1.54) is 0 Å². The molecule has 0 saturated carbocycles. The van der Waals surface area contributed by atoms with Crippen LogP contribution in [-0.4, -0.2) is 25.0 Å². The van der Waals surface area contributed by atoms with Crippen molar-refractivity contribution in [3.8, 4) is 0 Å². The Morgan fingerprint density at radius 3 is 2.62 bits per heavy atom. The Labute approximate surface area is 80.7 Å². The van der Waals surface area contributed by atoms with Gasteiger partial charge >= 0.3 is 0 Å². The molecule has 0 aliphatic heterocycles. The third kappa shape index (κ3) is 5.42. The second kappa shape index (κ2) is 6.66. The van der Waals surface area contributed by atoms with Crippen molar-refractivity contribution in [2.75, 3.05) is 6.61 Å². The van der Waals surface area contributed by atoms with Crippen molar-refractivity contribution >= 4 is 6.21 Å². The van der Waals surface area contributed by atoms with Crippen LogP contribution in [0, 0.1) is 0 Å². The SMILES string of the molecule is CCOC(C)[C@H](C)N=C/C(C)=C/N. The van der Waals surface area contributed by atoms with E-state index in [1.807, 2.05) is 27.7 Å². The lowest BCUT2D eigenvalue weighted by Gasteiger charge is -2.15. The number of hydrogen-bond donors (Lipinski definition) is 1. The van der Waals surface area contributed by atoms with Crippen molar-refractivity contribution in [2.24, 2.45) is 10.7 Å². The van der Waals surface area contributed by atoms with Crippen LogP contribution in [-0.2, 0) is 4.74 Å². The first-order valence-corrected chi connectivity index (χ1v) is 4.65. The number of ether oxygens (including phenoxy) is 1. The highest BCUT2D eigenvalue weighted by molar-refractivity contribution is 5.77. The lowest BCUT2D eigenvalue weighted by molar-refractivity contribution is 0.0625. The average molecular weight is 184 g/mol. The van der Waals surface area contributed by atoms with E-state index in [2.05, 4.69) is 4.99 Å². The topological polar surface area (TPSA) is 47.6 Å². The monoisotopic (exact) mass is 184 g/mol. The van der Waals surface area contributed by atoms with Crippen LogP contribution in [0.4, 0.5) is 0 Å².